The second-order valence-corrected chi connectivity index (χ2v) is 7.55. The lowest BCUT2D eigenvalue weighted by molar-refractivity contribution is 0.0856. The van der Waals surface area contributed by atoms with E-state index < -0.39 is 15.9 Å². The molecule has 0 atom stereocenters. The Morgan fingerprint density at radius 2 is 1.92 bits per heavy atom. The summed E-state index contributed by atoms with van der Waals surface area (Å²) in [7, 11) is -2.32. The minimum Gasteiger partial charge on any atom is -0.497 e. The summed E-state index contributed by atoms with van der Waals surface area (Å²) in [5, 5.41) is 3.96. The Labute approximate surface area is 149 Å². The maximum absolute atomic E-state index is 12.6. The zero-order valence-corrected chi connectivity index (χ0v) is 14.6. The van der Waals surface area contributed by atoms with E-state index in [4.69, 9.17) is 9.26 Å². The van der Waals surface area contributed by atoms with Gasteiger partial charge in [-0.1, -0.05) is 29.4 Å². The van der Waals surface area contributed by atoms with Crippen LogP contribution in [0, 0.1) is 0 Å². The Hall–Kier alpha value is -3.13. The van der Waals surface area contributed by atoms with Crippen LogP contribution < -0.4 is 4.74 Å². The molecular formula is C18H14N2O5S. The third kappa shape index (κ3) is 2.55. The van der Waals surface area contributed by atoms with E-state index in [1.54, 1.807) is 37.4 Å². The Morgan fingerprint density at radius 3 is 2.69 bits per heavy atom. The second-order valence-electron chi connectivity index (χ2n) is 5.72. The lowest BCUT2D eigenvalue weighted by Gasteiger charge is -2.12. The van der Waals surface area contributed by atoms with Crippen LogP contribution in [0.3, 0.4) is 0 Å². The molecule has 0 radical (unpaired) electrons. The first-order valence-corrected chi connectivity index (χ1v) is 9.21. The number of benzene rings is 2. The molecule has 132 valence electrons. The molecule has 1 amide bonds. The van der Waals surface area contributed by atoms with Crippen molar-refractivity contribution in [2.24, 2.45) is 0 Å². The molecule has 1 aliphatic rings. The summed E-state index contributed by atoms with van der Waals surface area (Å²) in [6.07, 6.45) is 0. The van der Waals surface area contributed by atoms with Crippen molar-refractivity contribution >= 4 is 15.9 Å². The van der Waals surface area contributed by atoms with Crippen molar-refractivity contribution < 1.29 is 22.5 Å². The van der Waals surface area contributed by atoms with Crippen LogP contribution in [0.4, 0.5) is 0 Å². The molecule has 1 aliphatic heterocycles. The molecule has 0 N–H and O–H groups in total. The summed E-state index contributed by atoms with van der Waals surface area (Å²) < 4.78 is 36.4. The number of carbonyl (C=O) groups is 1. The lowest BCUT2D eigenvalue weighted by Crippen LogP contribution is -2.29. The number of hydrogen-bond donors (Lipinski definition) is 0. The van der Waals surface area contributed by atoms with Crippen LogP contribution in [-0.2, 0) is 16.6 Å². The van der Waals surface area contributed by atoms with Gasteiger partial charge < -0.3 is 9.26 Å². The average molecular weight is 370 g/mol. The number of carbonyl (C=O) groups excluding carboxylic acids is 1. The van der Waals surface area contributed by atoms with Crippen LogP contribution in [0.25, 0.3) is 11.3 Å². The third-order valence-electron chi connectivity index (χ3n) is 4.14. The second kappa shape index (κ2) is 5.99. The van der Waals surface area contributed by atoms with Gasteiger partial charge >= 0.3 is 0 Å². The number of hydrogen-bond acceptors (Lipinski definition) is 6. The molecule has 4 rings (SSSR count). The Bertz CT molecular complexity index is 1100. The van der Waals surface area contributed by atoms with Crippen molar-refractivity contribution in [3.63, 3.8) is 0 Å². The number of sulfonamides is 1. The molecule has 0 unspecified atom stereocenters. The fourth-order valence-electron chi connectivity index (χ4n) is 2.83. The molecule has 0 spiro atoms. The molecule has 26 heavy (non-hydrogen) atoms. The molecule has 3 aromatic rings. The van der Waals surface area contributed by atoms with E-state index in [-0.39, 0.29) is 22.8 Å². The summed E-state index contributed by atoms with van der Waals surface area (Å²) >= 11 is 0. The van der Waals surface area contributed by atoms with E-state index >= 15 is 0 Å². The van der Waals surface area contributed by atoms with Crippen LogP contribution in [-0.4, -0.2) is 30.9 Å². The van der Waals surface area contributed by atoms with Crippen molar-refractivity contribution in [2.45, 2.75) is 11.4 Å². The molecule has 2 aromatic carbocycles. The Kier molecular flexibility index (Phi) is 3.77. The minimum absolute atomic E-state index is 0.0116. The fraction of sp³-hybridized carbons (Fsp3) is 0.111. The summed E-state index contributed by atoms with van der Waals surface area (Å²) in [5.41, 5.74) is 1.46. The largest absolute Gasteiger partial charge is 0.497 e. The fourth-order valence-corrected chi connectivity index (χ4v) is 4.37. The first-order chi connectivity index (χ1) is 12.5. The average Bonchev–Trinajstić information content (AvgIpc) is 3.20. The highest BCUT2D eigenvalue weighted by Crippen LogP contribution is 2.32. The van der Waals surface area contributed by atoms with Crippen molar-refractivity contribution in [3.05, 3.63) is 65.9 Å². The van der Waals surface area contributed by atoms with Crippen LogP contribution in [0.15, 0.2) is 64.0 Å². The first-order valence-electron chi connectivity index (χ1n) is 7.77. The van der Waals surface area contributed by atoms with Gasteiger partial charge in [0, 0.05) is 11.6 Å². The molecule has 0 fully saturated rings. The third-order valence-corrected chi connectivity index (χ3v) is 5.92. The normalized spacial score (nSPS) is 15.1. The highest BCUT2D eigenvalue weighted by atomic mass is 32.2. The maximum atomic E-state index is 12.6. The van der Waals surface area contributed by atoms with Crippen LogP contribution >= 0.6 is 0 Å². The summed E-state index contributed by atoms with van der Waals surface area (Å²) in [6, 6.07) is 15.0. The molecule has 7 nitrogen and oxygen atoms in total. The highest BCUT2D eigenvalue weighted by Gasteiger charge is 2.41. The lowest BCUT2D eigenvalue weighted by atomic mass is 10.1. The smallest absolute Gasteiger partial charge is 0.269 e. The van der Waals surface area contributed by atoms with E-state index in [1.165, 1.54) is 12.1 Å². The first kappa shape index (κ1) is 16.3. The minimum atomic E-state index is -3.88. The molecule has 0 aliphatic carbocycles. The van der Waals surface area contributed by atoms with Gasteiger partial charge in [-0.05, 0) is 24.3 Å². The number of aromatic nitrogens is 1. The molecular weight excluding hydrogens is 356 g/mol. The van der Waals surface area contributed by atoms with Crippen molar-refractivity contribution in [2.75, 3.05) is 7.11 Å². The zero-order chi connectivity index (χ0) is 18.3. The van der Waals surface area contributed by atoms with Gasteiger partial charge in [-0.3, -0.25) is 4.79 Å². The standard InChI is InChI=1S/C18H14N2O5S/c1-24-13-6-4-5-12(9-13)16-10-14(25-19-16)11-20-18(21)15-7-2-3-8-17(15)26(20,22)23/h2-10H,11H2,1H3. The summed E-state index contributed by atoms with van der Waals surface area (Å²) in [4.78, 5) is 12.5. The van der Waals surface area contributed by atoms with Crippen molar-refractivity contribution in [1.82, 2.24) is 9.46 Å². The van der Waals surface area contributed by atoms with Gasteiger partial charge in [0.05, 0.1) is 19.2 Å². The number of methoxy groups -OCH3 is 1. The number of ether oxygens (including phenoxy) is 1. The van der Waals surface area contributed by atoms with Crippen molar-refractivity contribution in [3.8, 4) is 17.0 Å². The molecule has 8 heteroatoms. The van der Waals surface area contributed by atoms with Gasteiger partial charge in [0.2, 0.25) is 0 Å². The number of amides is 1. The van der Waals surface area contributed by atoms with Crippen molar-refractivity contribution in [1.29, 1.82) is 0 Å². The van der Waals surface area contributed by atoms with E-state index in [9.17, 15) is 13.2 Å². The van der Waals surface area contributed by atoms with E-state index in [0.29, 0.717) is 11.4 Å². The van der Waals surface area contributed by atoms with Crippen LogP contribution in [0.1, 0.15) is 16.1 Å². The van der Waals surface area contributed by atoms with E-state index in [2.05, 4.69) is 5.16 Å². The highest BCUT2D eigenvalue weighted by molar-refractivity contribution is 7.90. The van der Waals surface area contributed by atoms with Gasteiger partial charge in [0.1, 0.15) is 16.3 Å². The number of rotatable bonds is 4. The summed E-state index contributed by atoms with van der Waals surface area (Å²) in [6.45, 7) is -0.215. The molecule has 1 aromatic heterocycles. The SMILES string of the molecule is COc1cccc(-c2cc(CN3C(=O)c4ccccc4S3(=O)=O)on2)c1. The predicted molar refractivity (Wildman–Crippen MR) is 92.0 cm³/mol. The Morgan fingerprint density at radius 1 is 1.12 bits per heavy atom. The van der Waals surface area contributed by atoms with Crippen LogP contribution in [0.5, 0.6) is 5.75 Å². The monoisotopic (exact) mass is 370 g/mol. The van der Waals surface area contributed by atoms with Gasteiger partial charge in [0.15, 0.2) is 5.76 Å². The molecule has 0 saturated carbocycles. The number of nitrogens with zero attached hydrogens (tertiary/aromatic N) is 2. The molecule has 0 saturated heterocycles. The Balaban J connectivity index is 1.63. The maximum Gasteiger partial charge on any atom is 0.269 e. The quantitative estimate of drug-likeness (QED) is 0.701. The number of fused-ring (bicyclic) bond motifs is 1. The molecule has 0 bridgehead atoms. The van der Waals surface area contributed by atoms with Gasteiger partial charge in [-0.15, -0.1) is 0 Å². The van der Waals surface area contributed by atoms with E-state index in [1.807, 2.05) is 12.1 Å². The van der Waals surface area contributed by atoms with Gasteiger partial charge in [-0.2, -0.15) is 0 Å². The van der Waals surface area contributed by atoms with Crippen LogP contribution in [0.2, 0.25) is 0 Å². The molecule has 2 heterocycles. The summed E-state index contributed by atoms with van der Waals surface area (Å²) in [5.74, 6) is 0.368. The van der Waals surface area contributed by atoms with E-state index in [0.717, 1.165) is 9.87 Å². The zero-order valence-electron chi connectivity index (χ0n) is 13.7. The van der Waals surface area contributed by atoms with Gasteiger partial charge in [-0.25, -0.2) is 12.7 Å². The van der Waals surface area contributed by atoms with Gasteiger partial charge in [0.25, 0.3) is 15.9 Å². The topological polar surface area (TPSA) is 89.7 Å². The predicted octanol–water partition coefficient (Wildman–Crippen LogP) is 2.69.